The van der Waals surface area contributed by atoms with Crippen molar-refractivity contribution >= 4 is 39.0 Å². The number of aryl methyl sites for hydroxylation is 1. The number of halogens is 1. The molecule has 2 aromatic heterocycles. The second-order valence-corrected chi connectivity index (χ2v) is 5.29. The molecule has 0 aliphatic rings. The zero-order valence-corrected chi connectivity index (χ0v) is 12.5. The summed E-state index contributed by atoms with van der Waals surface area (Å²) in [6, 6.07) is 12.0. The number of aromatic nitrogens is 3. The van der Waals surface area contributed by atoms with E-state index in [1.165, 1.54) is 0 Å². The van der Waals surface area contributed by atoms with E-state index in [-0.39, 0.29) is 0 Å². The Morgan fingerprint density at radius 3 is 2.75 bits per heavy atom. The largest absolute Gasteiger partial charge is 0.247 e. The molecule has 4 heteroatoms. The van der Waals surface area contributed by atoms with Gasteiger partial charge in [-0.1, -0.05) is 18.2 Å². The molecule has 0 aliphatic heterocycles. The normalized spacial score (nSPS) is 11.3. The zero-order chi connectivity index (χ0) is 13.9. The van der Waals surface area contributed by atoms with Crippen molar-refractivity contribution in [1.29, 1.82) is 0 Å². The van der Waals surface area contributed by atoms with Crippen molar-refractivity contribution < 1.29 is 0 Å². The number of benzene rings is 1. The summed E-state index contributed by atoms with van der Waals surface area (Å²) in [4.78, 5) is 13.2. The number of pyridine rings is 1. The van der Waals surface area contributed by atoms with Crippen molar-refractivity contribution in [2.24, 2.45) is 0 Å². The Labute approximate surface area is 125 Å². The number of rotatable bonds is 2. The quantitative estimate of drug-likeness (QED) is 0.706. The fraction of sp³-hybridized carbons (Fsp3) is 0.0625. The Kier molecular flexibility index (Phi) is 3.56. The fourth-order valence-corrected chi connectivity index (χ4v) is 2.40. The van der Waals surface area contributed by atoms with E-state index < -0.39 is 0 Å². The number of hydrogen-bond donors (Lipinski definition) is 0. The summed E-state index contributed by atoms with van der Waals surface area (Å²) in [6.45, 7) is 1.95. The van der Waals surface area contributed by atoms with Crippen LogP contribution in [-0.4, -0.2) is 15.0 Å². The first-order valence-corrected chi connectivity index (χ1v) is 7.05. The van der Waals surface area contributed by atoms with E-state index in [9.17, 15) is 0 Å². The number of para-hydroxylation sites is 1. The SMILES string of the molecule is Cc1ccnc(/C=C/c2ccc3cccc(Br)c3n2)n1. The Morgan fingerprint density at radius 1 is 1.00 bits per heavy atom. The van der Waals surface area contributed by atoms with Crippen molar-refractivity contribution in [2.75, 3.05) is 0 Å². The van der Waals surface area contributed by atoms with E-state index in [0.717, 1.165) is 26.8 Å². The highest BCUT2D eigenvalue weighted by molar-refractivity contribution is 9.10. The van der Waals surface area contributed by atoms with Crippen molar-refractivity contribution in [3.05, 3.63) is 64.3 Å². The molecule has 0 bridgehead atoms. The lowest BCUT2D eigenvalue weighted by Crippen LogP contribution is -1.89. The van der Waals surface area contributed by atoms with Gasteiger partial charge in [0, 0.05) is 21.7 Å². The highest BCUT2D eigenvalue weighted by atomic mass is 79.9. The molecule has 20 heavy (non-hydrogen) atoms. The molecule has 3 nitrogen and oxygen atoms in total. The molecule has 3 aromatic rings. The number of hydrogen-bond acceptors (Lipinski definition) is 3. The predicted octanol–water partition coefficient (Wildman–Crippen LogP) is 4.27. The lowest BCUT2D eigenvalue weighted by atomic mass is 10.2. The molecule has 0 unspecified atom stereocenters. The minimum atomic E-state index is 0.694. The first kappa shape index (κ1) is 12.9. The van der Waals surface area contributed by atoms with E-state index in [0.29, 0.717) is 5.82 Å². The molecular formula is C16H12BrN3. The topological polar surface area (TPSA) is 38.7 Å². The third-order valence-electron chi connectivity index (χ3n) is 2.91. The van der Waals surface area contributed by atoms with Crippen LogP contribution < -0.4 is 0 Å². The van der Waals surface area contributed by atoms with Gasteiger partial charge in [-0.05, 0) is 53.2 Å². The van der Waals surface area contributed by atoms with Crippen LogP contribution in [0.4, 0.5) is 0 Å². The third kappa shape index (κ3) is 2.75. The molecule has 98 valence electrons. The zero-order valence-electron chi connectivity index (χ0n) is 10.9. The first-order chi connectivity index (χ1) is 9.72. The average molecular weight is 326 g/mol. The van der Waals surface area contributed by atoms with Gasteiger partial charge in [0.1, 0.15) is 0 Å². The van der Waals surface area contributed by atoms with Gasteiger partial charge < -0.3 is 0 Å². The molecule has 1 aromatic carbocycles. The van der Waals surface area contributed by atoms with E-state index in [2.05, 4.69) is 36.9 Å². The maximum atomic E-state index is 4.62. The standard InChI is InChI=1S/C16H12BrN3/c1-11-9-10-18-15(19-11)8-7-13-6-5-12-3-2-4-14(17)16(12)20-13/h2-10H,1H3/b8-7+. The summed E-state index contributed by atoms with van der Waals surface area (Å²) in [5, 5.41) is 1.11. The molecule has 0 atom stereocenters. The summed E-state index contributed by atoms with van der Waals surface area (Å²) < 4.78 is 0.997. The highest BCUT2D eigenvalue weighted by Crippen LogP contribution is 2.22. The van der Waals surface area contributed by atoms with Crippen LogP contribution in [0.3, 0.4) is 0 Å². The lowest BCUT2D eigenvalue weighted by Gasteiger charge is -2.01. The first-order valence-electron chi connectivity index (χ1n) is 6.25. The third-order valence-corrected chi connectivity index (χ3v) is 3.55. The van der Waals surface area contributed by atoms with Gasteiger partial charge in [0.05, 0.1) is 11.2 Å². The Hall–Kier alpha value is -2.07. The summed E-state index contributed by atoms with van der Waals surface area (Å²) in [6.07, 6.45) is 5.55. The maximum Gasteiger partial charge on any atom is 0.152 e. The van der Waals surface area contributed by atoms with Gasteiger partial charge >= 0.3 is 0 Å². The monoisotopic (exact) mass is 325 g/mol. The van der Waals surface area contributed by atoms with E-state index in [4.69, 9.17) is 0 Å². The Bertz CT molecular complexity index is 797. The minimum Gasteiger partial charge on any atom is -0.247 e. The molecule has 0 saturated heterocycles. The summed E-state index contributed by atoms with van der Waals surface area (Å²) in [5.74, 6) is 0.694. The van der Waals surface area contributed by atoms with Gasteiger partial charge in [-0.25, -0.2) is 15.0 Å². The van der Waals surface area contributed by atoms with Gasteiger partial charge in [0.2, 0.25) is 0 Å². The molecule has 0 radical (unpaired) electrons. The number of nitrogens with zero attached hydrogens (tertiary/aromatic N) is 3. The van der Waals surface area contributed by atoms with Gasteiger partial charge in [0.25, 0.3) is 0 Å². The summed E-state index contributed by atoms with van der Waals surface area (Å²) in [7, 11) is 0. The van der Waals surface area contributed by atoms with Crippen LogP contribution in [-0.2, 0) is 0 Å². The molecule has 0 spiro atoms. The van der Waals surface area contributed by atoms with Gasteiger partial charge in [-0.15, -0.1) is 0 Å². The second kappa shape index (κ2) is 5.51. The van der Waals surface area contributed by atoms with Gasteiger partial charge in [0.15, 0.2) is 5.82 Å². The van der Waals surface area contributed by atoms with Crippen molar-refractivity contribution in [3.8, 4) is 0 Å². The second-order valence-electron chi connectivity index (χ2n) is 4.44. The predicted molar refractivity (Wildman–Crippen MR) is 85.1 cm³/mol. The molecule has 0 aliphatic carbocycles. The summed E-state index contributed by atoms with van der Waals surface area (Å²) in [5.41, 5.74) is 2.79. The van der Waals surface area contributed by atoms with Crippen LogP contribution in [0.5, 0.6) is 0 Å². The molecule has 0 amide bonds. The summed E-state index contributed by atoms with van der Waals surface area (Å²) >= 11 is 3.53. The van der Waals surface area contributed by atoms with Crippen molar-refractivity contribution in [2.45, 2.75) is 6.92 Å². The highest BCUT2D eigenvalue weighted by Gasteiger charge is 2.00. The maximum absolute atomic E-state index is 4.62. The molecule has 0 N–H and O–H groups in total. The van der Waals surface area contributed by atoms with Gasteiger partial charge in [-0.2, -0.15) is 0 Å². The number of fused-ring (bicyclic) bond motifs is 1. The minimum absolute atomic E-state index is 0.694. The van der Waals surface area contributed by atoms with Crippen LogP contribution in [0.25, 0.3) is 23.1 Å². The molecule has 0 saturated carbocycles. The van der Waals surface area contributed by atoms with E-state index in [1.807, 2.05) is 49.4 Å². The van der Waals surface area contributed by atoms with Crippen LogP contribution in [0.15, 0.2) is 47.1 Å². The molecule has 3 rings (SSSR count). The fourth-order valence-electron chi connectivity index (χ4n) is 1.93. The van der Waals surface area contributed by atoms with E-state index >= 15 is 0 Å². The molecule has 0 fully saturated rings. The van der Waals surface area contributed by atoms with E-state index in [1.54, 1.807) is 6.20 Å². The Balaban J connectivity index is 1.97. The van der Waals surface area contributed by atoms with Crippen molar-refractivity contribution in [1.82, 2.24) is 15.0 Å². The van der Waals surface area contributed by atoms with Gasteiger partial charge in [-0.3, -0.25) is 0 Å². The van der Waals surface area contributed by atoms with Crippen LogP contribution >= 0.6 is 15.9 Å². The lowest BCUT2D eigenvalue weighted by molar-refractivity contribution is 1.08. The Morgan fingerprint density at radius 2 is 1.90 bits per heavy atom. The smallest absolute Gasteiger partial charge is 0.152 e. The molecular weight excluding hydrogens is 314 g/mol. The van der Waals surface area contributed by atoms with Crippen LogP contribution in [0.1, 0.15) is 17.2 Å². The average Bonchev–Trinajstić information content (AvgIpc) is 2.46. The van der Waals surface area contributed by atoms with Crippen LogP contribution in [0.2, 0.25) is 0 Å². The molecule has 2 heterocycles. The van der Waals surface area contributed by atoms with Crippen LogP contribution in [0, 0.1) is 6.92 Å². The van der Waals surface area contributed by atoms with Crippen molar-refractivity contribution in [3.63, 3.8) is 0 Å².